The third-order valence-corrected chi connectivity index (χ3v) is 6.17. The van der Waals surface area contributed by atoms with Gasteiger partial charge in [-0.2, -0.15) is 5.11 Å². The van der Waals surface area contributed by atoms with Crippen LogP contribution in [0.4, 0.5) is 22.1 Å². The van der Waals surface area contributed by atoms with E-state index in [1.165, 1.54) is 5.56 Å². The fourth-order valence-corrected chi connectivity index (χ4v) is 4.17. The summed E-state index contributed by atoms with van der Waals surface area (Å²) in [4.78, 5) is 24.1. The van der Waals surface area contributed by atoms with Crippen LogP contribution in [0, 0.1) is 13.8 Å². The number of hydrogen-bond acceptors (Lipinski definition) is 8. The van der Waals surface area contributed by atoms with Crippen LogP contribution in [0.5, 0.6) is 0 Å². The zero-order valence-corrected chi connectivity index (χ0v) is 22.6. The molecule has 1 N–H and O–H groups in total. The van der Waals surface area contributed by atoms with Crippen LogP contribution in [0.25, 0.3) is 0 Å². The molecule has 2 heterocycles. The van der Waals surface area contributed by atoms with Crippen LogP contribution in [-0.4, -0.2) is 48.0 Å². The van der Waals surface area contributed by atoms with Crippen molar-refractivity contribution >= 4 is 23.4 Å². The number of anilines is 2. The number of morpholine rings is 1. The molecule has 0 unspecified atom stereocenters. The molecule has 2 aromatic carbocycles. The average Bonchev–Trinajstić information content (AvgIpc) is 2.88. The number of azo groups is 1. The summed E-state index contributed by atoms with van der Waals surface area (Å²) in [5.74, 6) is 1.95. The summed E-state index contributed by atoms with van der Waals surface area (Å²) < 4.78 is 11.2. The average molecular weight is 517 g/mol. The van der Waals surface area contributed by atoms with Crippen molar-refractivity contribution in [2.24, 2.45) is 10.2 Å². The zero-order chi connectivity index (χ0) is 27.0. The first kappa shape index (κ1) is 27.2. The highest BCUT2D eigenvalue weighted by molar-refractivity contribution is 5.84. The largest absolute Gasteiger partial charge is 0.443 e. The highest BCUT2D eigenvalue weighted by Gasteiger charge is 2.24. The van der Waals surface area contributed by atoms with E-state index >= 15 is 0 Å². The van der Waals surface area contributed by atoms with E-state index in [2.05, 4.69) is 44.5 Å². The molecule has 1 aliphatic rings. The Morgan fingerprint density at radius 1 is 1.05 bits per heavy atom. The van der Waals surface area contributed by atoms with Crippen molar-refractivity contribution in [2.75, 3.05) is 36.5 Å². The monoisotopic (exact) mass is 516 g/mol. The highest BCUT2D eigenvalue weighted by atomic mass is 16.6. The van der Waals surface area contributed by atoms with E-state index in [1.54, 1.807) is 0 Å². The molecule has 3 aromatic rings. The number of nitrogens with zero attached hydrogens (tertiary/aromatic N) is 5. The second kappa shape index (κ2) is 12.6. The molecule has 0 saturated carbocycles. The van der Waals surface area contributed by atoms with Crippen molar-refractivity contribution in [1.82, 2.24) is 9.97 Å². The van der Waals surface area contributed by atoms with Gasteiger partial charge in [-0.15, -0.1) is 5.11 Å². The molecular formula is C29H36N6O3. The van der Waals surface area contributed by atoms with Crippen molar-refractivity contribution < 1.29 is 14.3 Å². The Kier molecular flexibility index (Phi) is 9.02. The molecule has 1 aromatic heterocycles. The molecule has 0 bridgehead atoms. The Balaban J connectivity index is 1.43. The summed E-state index contributed by atoms with van der Waals surface area (Å²) in [5.41, 5.74) is 3.33. The summed E-state index contributed by atoms with van der Waals surface area (Å²) in [6, 6.07) is 17.7. The van der Waals surface area contributed by atoms with E-state index in [-0.39, 0.29) is 0 Å². The molecule has 9 nitrogen and oxygen atoms in total. The number of aryl methyl sites for hydroxylation is 3. The summed E-state index contributed by atoms with van der Waals surface area (Å²) in [5, 5.41) is 11.6. The Labute approximate surface area is 224 Å². The van der Waals surface area contributed by atoms with Crippen molar-refractivity contribution in [2.45, 2.75) is 52.7 Å². The standard InChI is InChI=1S/C29H36N6O3/c1-21-7-5-9-23(17-21)20-30-34-26-19-27(35-13-15-37-16-14-35)33-25(32-26)11-12-29(3,4)38-28(36)31-24-10-6-8-22(2)18-24/h5-10,17-19H,11-16,20H2,1-4H3,(H,31,36). The summed E-state index contributed by atoms with van der Waals surface area (Å²) in [6.45, 7) is 11.1. The molecule has 200 valence electrons. The maximum Gasteiger partial charge on any atom is 0.412 e. The number of hydrogen-bond donors (Lipinski definition) is 1. The number of carbonyl (C=O) groups excluding carboxylic acids is 1. The van der Waals surface area contributed by atoms with Crippen molar-refractivity contribution in [3.63, 3.8) is 0 Å². The van der Waals surface area contributed by atoms with Gasteiger partial charge in [0.2, 0.25) is 0 Å². The number of carbonyl (C=O) groups is 1. The smallest absolute Gasteiger partial charge is 0.412 e. The minimum atomic E-state index is -0.723. The van der Waals surface area contributed by atoms with E-state index in [9.17, 15) is 4.79 Å². The van der Waals surface area contributed by atoms with E-state index in [0.717, 1.165) is 30.0 Å². The molecule has 1 amide bonds. The fourth-order valence-electron chi connectivity index (χ4n) is 4.17. The lowest BCUT2D eigenvalue weighted by Gasteiger charge is -2.28. The van der Waals surface area contributed by atoms with Crippen LogP contribution in [0.3, 0.4) is 0 Å². The molecule has 38 heavy (non-hydrogen) atoms. The van der Waals surface area contributed by atoms with Crippen LogP contribution in [0.15, 0.2) is 64.8 Å². The topological polar surface area (TPSA) is 101 Å². The quantitative estimate of drug-likeness (QED) is 0.341. The van der Waals surface area contributed by atoms with Crippen molar-refractivity contribution in [1.29, 1.82) is 0 Å². The van der Waals surface area contributed by atoms with Gasteiger partial charge in [-0.1, -0.05) is 42.0 Å². The SMILES string of the molecule is Cc1cccc(CN=Nc2cc(N3CCOCC3)nc(CCC(C)(C)OC(=O)Nc3cccc(C)c3)n2)c1. The third-order valence-electron chi connectivity index (χ3n) is 6.17. The first-order valence-corrected chi connectivity index (χ1v) is 13.0. The molecule has 0 spiro atoms. The maximum absolute atomic E-state index is 12.5. The van der Waals surface area contributed by atoms with E-state index < -0.39 is 11.7 Å². The lowest BCUT2D eigenvalue weighted by atomic mass is 10.0. The zero-order valence-electron chi connectivity index (χ0n) is 22.6. The van der Waals surface area contributed by atoms with Gasteiger partial charge in [-0.3, -0.25) is 5.32 Å². The normalized spacial score (nSPS) is 14.1. The maximum atomic E-state index is 12.5. The van der Waals surface area contributed by atoms with Gasteiger partial charge in [0.25, 0.3) is 0 Å². The van der Waals surface area contributed by atoms with Gasteiger partial charge in [0, 0.05) is 31.3 Å². The third kappa shape index (κ3) is 8.34. The fraction of sp³-hybridized carbons (Fsp3) is 0.414. The van der Waals surface area contributed by atoms with E-state index in [1.807, 2.05) is 63.2 Å². The molecule has 1 aliphatic heterocycles. The van der Waals surface area contributed by atoms with Crippen molar-refractivity contribution in [3.05, 3.63) is 77.1 Å². The second-order valence-electron chi connectivity index (χ2n) is 10.1. The van der Waals surface area contributed by atoms with Gasteiger partial charge in [0.05, 0.1) is 19.8 Å². The number of amides is 1. The van der Waals surface area contributed by atoms with Gasteiger partial charge in [0.15, 0.2) is 5.82 Å². The van der Waals surface area contributed by atoms with Gasteiger partial charge in [-0.25, -0.2) is 14.8 Å². The predicted molar refractivity (Wildman–Crippen MR) is 148 cm³/mol. The highest BCUT2D eigenvalue weighted by Crippen LogP contribution is 2.23. The number of ether oxygens (including phenoxy) is 2. The second-order valence-corrected chi connectivity index (χ2v) is 10.1. The molecule has 9 heteroatoms. The molecular weight excluding hydrogens is 480 g/mol. The van der Waals surface area contributed by atoms with Crippen LogP contribution >= 0.6 is 0 Å². The molecule has 0 radical (unpaired) electrons. The predicted octanol–water partition coefficient (Wildman–Crippen LogP) is 6.17. The molecule has 0 atom stereocenters. The van der Waals surface area contributed by atoms with Gasteiger partial charge < -0.3 is 14.4 Å². The van der Waals surface area contributed by atoms with Gasteiger partial charge >= 0.3 is 6.09 Å². The number of aromatic nitrogens is 2. The molecule has 0 aliphatic carbocycles. The van der Waals surface area contributed by atoms with Crippen LogP contribution in [0.1, 0.15) is 42.8 Å². The number of rotatable bonds is 9. The minimum absolute atomic E-state index is 0.477. The molecule has 1 fully saturated rings. The van der Waals surface area contributed by atoms with E-state index in [0.29, 0.717) is 49.9 Å². The van der Waals surface area contributed by atoms with Crippen molar-refractivity contribution in [3.8, 4) is 0 Å². The van der Waals surface area contributed by atoms with Gasteiger partial charge in [0.1, 0.15) is 17.2 Å². The van der Waals surface area contributed by atoms with Crippen LogP contribution in [0.2, 0.25) is 0 Å². The summed E-state index contributed by atoms with van der Waals surface area (Å²) >= 11 is 0. The van der Waals surface area contributed by atoms with E-state index in [4.69, 9.17) is 14.5 Å². The lowest BCUT2D eigenvalue weighted by molar-refractivity contribution is 0.0422. The Morgan fingerprint density at radius 3 is 2.53 bits per heavy atom. The number of nitrogens with one attached hydrogen (secondary N) is 1. The van der Waals surface area contributed by atoms with Crippen LogP contribution in [-0.2, 0) is 22.4 Å². The number of benzene rings is 2. The Hall–Kier alpha value is -3.85. The Bertz CT molecular complexity index is 1270. The molecule has 4 rings (SSSR count). The lowest BCUT2D eigenvalue weighted by Crippen LogP contribution is -2.37. The summed E-state index contributed by atoms with van der Waals surface area (Å²) in [7, 11) is 0. The Morgan fingerprint density at radius 2 is 1.79 bits per heavy atom. The first-order chi connectivity index (χ1) is 18.3. The molecule has 1 saturated heterocycles. The van der Waals surface area contributed by atoms with Crippen LogP contribution < -0.4 is 10.2 Å². The van der Waals surface area contributed by atoms with Gasteiger partial charge in [-0.05, 0) is 57.4 Å². The summed E-state index contributed by atoms with van der Waals surface area (Å²) in [6.07, 6.45) is 0.568. The first-order valence-electron chi connectivity index (χ1n) is 13.0. The minimum Gasteiger partial charge on any atom is -0.443 e.